The van der Waals surface area contributed by atoms with Crippen LogP contribution >= 0.6 is 11.6 Å². The minimum absolute atomic E-state index is 0.163. The van der Waals surface area contributed by atoms with Crippen LogP contribution in [0.2, 0.25) is 5.02 Å². The molecule has 0 unspecified atom stereocenters. The number of carbonyl (C=O) groups is 1. The summed E-state index contributed by atoms with van der Waals surface area (Å²) in [6.45, 7) is 1.38. The fourth-order valence-corrected chi connectivity index (χ4v) is 5.33. The van der Waals surface area contributed by atoms with Gasteiger partial charge in [0, 0.05) is 25.2 Å². The summed E-state index contributed by atoms with van der Waals surface area (Å²) >= 11 is 6.08. The van der Waals surface area contributed by atoms with Crippen molar-refractivity contribution in [2.24, 2.45) is 0 Å². The number of hydrogen-bond donors (Lipinski definition) is 1. The van der Waals surface area contributed by atoms with Crippen molar-refractivity contribution in [3.63, 3.8) is 0 Å². The zero-order chi connectivity index (χ0) is 22.0. The molecule has 0 spiro atoms. The van der Waals surface area contributed by atoms with Crippen LogP contribution in [0.4, 0.5) is 5.69 Å². The van der Waals surface area contributed by atoms with Crippen LogP contribution < -0.4 is 10.1 Å². The van der Waals surface area contributed by atoms with E-state index in [9.17, 15) is 13.2 Å². The van der Waals surface area contributed by atoms with E-state index in [0.29, 0.717) is 47.1 Å². The summed E-state index contributed by atoms with van der Waals surface area (Å²) in [6.07, 6.45) is 1.92. The van der Waals surface area contributed by atoms with Crippen molar-refractivity contribution in [1.29, 1.82) is 0 Å². The molecular formula is C20H22ClN5O4S. The fourth-order valence-electron chi connectivity index (χ4n) is 3.53. The van der Waals surface area contributed by atoms with Gasteiger partial charge in [0.2, 0.25) is 15.9 Å². The van der Waals surface area contributed by atoms with Gasteiger partial charge in [0.05, 0.1) is 29.1 Å². The molecule has 1 aromatic heterocycles. The van der Waals surface area contributed by atoms with Gasteiger partial charge in [-0.05, 0) is 49.2 Å². The second-order valence-electron chi connectivity index (χ2n) is 7.22. The van der Waals surface area contributed by atoms with Crippen molar-refractivity contribution in [3.05, 3.63) is 41.4 Å². The maximum Gasteiger partial charge on any atom is 0.243 e. The predicted molar refractivity (Wildman–Crippen MR) is 117 cm³/mol. The van der Waals surface area contributed by atoms with Crippen LogP contribution in [0.15, 0.2) is 41.3 Å². The second kappa shape index (κ2) is 8.81. The molecule has 0 bridgehead atoms. The first-order valence-electron chi connectivity index (χ1n) is 9.85. The Balaban J connectivity index is 1.43. The zero-order valence-corrected chi connectivity index (χ0v) is 18.5. The third-order valence-corrected chi connectivity index (χ3v) is 7.36. The number of anilines is 1. The molecule has 1 saturated heterocycles. The molecule has 11 heteroatoms. The number of aryl methyl sites for hydroxylation is 1. The minimum Gasteiger partial charge on any atom is -0.495 e. The first kappa shape index (κ1) is 21.5. The molecule has 1 aliphatic rings. The number of halogens is 1. The molecule has 0 atom stereocenters. The molecule has 2 heterocycles. The van der Waals surface area contributed by atoms with Crippen molar-refractivity contribution in [3.8, 4) is 5.75 Å². The number of hydrogen-bond acceptors (Lipinski definition) is 6. The van der Waals surface area contributed by atoms with Crippen LogP contribution in [-0.4, -0.2) is 53.8 Å². The summed E-state index contributed by atoms with van der Waals surface area (Å²) in [6, 6.07) is 9.78. The standard InChI is InChI=1S/C20H22ClN5O4S/c1-30-19-7-4-14(12-16(19)21)22-20(27)8-11-26-18-6-5-15(13-17(18)23-24-26)31(28,29)25-9-2-3-10-25/h4-7,12-13H,2-3,8-11H2,1H3,(H,22,27). The summed E-state index contributed by atoms with van der Waals surface area (Å²) < 4.78 is 33.7. The molecule has 9 nitrogen and oxygen atoms in total. The molecule has 0 radical (unpaired) electrons. The third kappa shape index (κ3) is 4.51. The highest BCUT2D eigenvalue weighted by atomic mass is 35.5. The van der Waals surface area contributed by atoms with Gasteiger partial charge in [-0.15, -0.1) is 5.10 Å². The number of aromatic nitrogens is 3. The number of methoxy groups -OCH3 is 1. The lowest BCUT2D eigenvalue weighted by Crippen LogP contribution is -2.27. The van der Waals surface area contributed by atoms with Gasteiger partial charge in [0.15, 0.2) is 0 Å². The molecular weight excluding hydrogens is 442 g/mol. The van der Waals surface area contributed by atoms with E-state index >= 15 is 0 Å². The molecule has 2 aromatic carbocycles. The minimum atomic E-state index is -3.52. The van der Waals surface area contributed by atoms with Crippen LogP contribution in [0, 0.1) is 0 Å². The highest BCUT2D eigenvalue weighted by molar-refractivity contribution is 7.89. The molecule has 0 aliphatic carbocycles. The van der Waals surface area contributed by atoms with Crippen LogP contribution in [0.3, 0.4) is 0 Å². The van der Waals surface area contributed by atoms with E-state index in [0.717, 1.165) is 12.8 Å². The van der Waals surface area contributed by atoms with Gasteiger partial charge in [0.25, 0.3) is 0 Å². The first-order valence-corrected chi connectivity index (χ1v) is 11.7. The maximum atomic E-state index is 12.7. The number of nitrogens with zero attached hydrogens (tertiary/aromatic N) is 4. The SMILES string of the molecule is COc1ccc(NC(=O)CCn2nnc3cc(S(=O)(=O)N4CCCC4)ccc32)cc1Cl. The summed E-state index contributed by atoms with van der Waals surface area (Å²) in [7, 11) is -2.00. The lowest BCUT2D eigenvalue weighted by Gasteiger charge is -2.15. The highest BCUT2D eigenvalue weighted by Crippen LogP contribution is 2.27. The molecule has 164 valence electrons. The van der Waals surface area contributed by atoms with Gasteiger partial charge in [-0.3, -0.25) is 4.79 Å². The Morgan fingerprint density at radius 1 is 1.19 bits per heavy atom. The van der Waals surface area contributed by atoms with Crippen LogP contribution in [0.5, 0.6) is 5.75 Å². The van der Waals surface area contributed by atoms with Gasteiger partial charge in [0.1, 0.15) is 11.3 Å². The highest BCUT2D eigenvalue weighted by Gasteiger charge is 2.27. The van der Waals surface area contributed by atoms with Gasteiger partial charge < -0.3 is 10.1 Å². The lowest BCUT2D eigenvalue weighted by molar-refractivity contribution is -0.116. The number of carbonyl (C=O) groups excluding carboxylic acids is 1. The first-order chi connectivity index (χ1) is 14.9. The average molecular weight is 464 g/mol. The van der Waals surface area contributed by atoms with E-state index in [2.05, 4.69) is 15.6 Å². The van der Waals surface area contributed by atoms with Crippen molar-refractivity contribution in [2.75, 3.05) is 25.5 Å². The number of fused-ring (bicyclic) bond motifs is 1. The normalized spacial score (nSPS) is 14.8. The molecule has 31 heavy (non-hydrogen) atoms. The summed E-state index contributed by atoms with van der Waals surface area (Å²) in [5.74, 6) is 0.318. The van der Waals surface area contributed by atoms with E-state index in [1.54, 1.807) is 35.0 Å². The monoisotopic (exact) mass is 463 g/mol. The summed E-state index contributed by atoms with van der Waals surface area (Å²) in [4.78, 5) is 12.5. The van der Waals surface area contributed by atoms with E-state index in [1.165, 1.54) is 17.5 Å². The Morgan fingerprint density at radius 3 is 2.68 bits per heavy atom. The van der Waals surface area contributed by atoms with E-state index < -0.39 is 10.0 Å². The zero-order valence-electron chi connectivity index (χ0n) is 16.9. The number of benzene rings is 2. The van der Waals surface area contributed by atoms with Gasteiger partial charge >= 0.3 is 0 Å². The topological polar surface area (TPSA) is 106 Å². The Morgan fingerprint density at radius 2 is 1.97 bits per heavy atom. The molecule has 0 saturated carbocycles. The Bertz CT molecular complexity index is 1220. The van der Waals surface area contributed by atoms with Crippen molar-refractivity contribution < 1.29 is 17.9 Å². The lowest BCUT2D eigenvalue weighted by atomic mass is 10.3. The summed E-state index contributed by atoms with van der Waals surface area (Å²) in [5, 5.41) is 11.3. The summed E-state index contributed by atoms with van der Waals surface area (Å²) in [5.41, 5.74) is 1.71. The Kier molecular flexibility index (Phi) is 6.12. The van der Waals surface area contributed by atoms with Gasteiger partial charge in [-0.1, -0.05) is 16.8 Å². The predicted octanol–water partition coefficient (Wildman–Crippen LogP) is 2.91. The van der Waals surface area contributed by atoms with Gasteiger partial charge in [-0.2, -0.15) is 4.31 Å². The van der Waals surface area contributed by atoms with Crippen molar-refractivity contribution in [2.45, 2.75) is 30.7 Å². The number of nitrogens with one attached hydrogen (secondary N) is 1. The second-order valence-corrected chi connectivity index (χ2v) is 9.57. The smallest absolute Gasteiger partial charge is 0.243 e. The number of amides is 1. The van der Waals surface area contributed by atoms with E-state index in [4.69, 9.17) is 16.3 Å². The van der Waals surface area contributed by atoms with E-state index in [-0.39, 0.29) is 17.2 Å². The molecule has 1 aliphatic heterocycles. The quantitative estimate of drug-likeness (QED) is 0.577. The van der Waals surface area contributed by atoms with Crippen LogP contribution in [0.25, 0.3) is 11.0 Å². The number of rotatable bonds is 7. The Hall–Kier alpha value is -2.69. The van der Waals surface area contributed by atoms with Crippen LogP contribution in [0.1, 0.15) is 19.3 Å². The molecule has 1 N–H and O–H groups in total. The number of ether oxygens (including phenoxy) is 1. The van der Waals surface area contributed by atoms with Crippen LogP contribution in [-0.2, 0) is 21.4 Å². The van der Waals surface area contributed by atoms with Crippen molar-refractivity contribution in [1.82, 2.24) is 19.3 Å². The molecule has 4 rings (SSSR count). The van der Waals surface area contributed by atoms with Crippen molar-refractivity contribution >= 4 is 44.3 Å². The fraction of sp³-hybridized carbons (Fsp3) is 0.350. The Labute approximate surface area is 185 Å². The maximum absolute atomic E-state index is 12.7. The van der Waals surface area contributed by atoms with Gasteiger partial charge in [-0.25, -0.2) is 13.1 Å². The third-order valence-electron chi connectivity index (χ3n) is 5.17. The van der Waals surface area contributed by atoms with E-state index in [1.807, 2.05) is 0 Å². The molecule has 1 fully saturated rings. The average Bonchev–Trinajstić information content (AvgIpc) is 3.42. The molecule has 3 aromatic rings. The number of sulfonamides is 1. The largest absolute Gasteiger partial charge is 0.495 e. The molecule has 1 amide bonds.